The van der Waals surface area contributed by atoms with Gasteiger partial charge in [0.25, 0.3) is 0 Å². The number of fused-ring (bicyclic) bond motifs is 5. The van der Waals surface area contributed by atoms with Crippen LogP contribution in [0.3, 0.4) is 0 Å². The Bertz CT molecular complexity index is 1090. The van der Waals surface area contributed by atoms with Crippen LogP contribution >= 0.6 is 23.2 Å². The van der Waals surface area contributed by atoms with Gasteiger partial charge in [-0.3, -0.25) is 4.79 Å². The molecule has 2 atom stereocenters. The van der Waals surface area contributed by atoms with Gasteiger partial charge in [0.05, 0.1) is 16.8 Å². The van der Waals surface area contributed by atoms with Crippen molar-refractivity contribution in [3.63, 3.8) is 0 Å². The number of anilines is 1. The number of carbonyl (C=O) groups is 1. The smallest absolute Gasteiger partial charge is 0.237 e. The van der Waals surface area contributed by atoms with E-state index in [1.165, 1.54) is 0 Å². The Balaban J connectivity index is 1.85. The summed E-state index contributed by atoms with van der Waals surface area (Å²) in [6.45, 7) is 4.02. The summed E-state index contributed by atoms with van der Waals surface area (Å²) < 4.78 is 0. The molecule has 0 aliphatic heterocycles. The Morgan fingerprint density at radius 2 is 1.75 bits per heavy atom. The molecule has 4 rings (SSSR count). The molecular weight excluding hydrogens is 397 g/mol. The molecule has 2 aromatic rings. The van der Waals surface area contributed by atoms with Gasteiger partial charge in [0.1, 0.15) is 12.1 Å². The first-order chi connectivity index (χ1) is 13.2. The van der Waals surface area contributed by atoms with E-state index in [0.717, 1.165) is 6.42 Å². The third-order valence-electron chi connectivity index (χ3n) is 6.16. The van der Waals surface area contributed by atoms with Gasteiger partial charge in [-0.2, -0.15) is 10.5 Å². The fraction of sp³-hybridized carbons (Fsp3) is 0.350. The summed E-state index contributed by atoms with van der Waals surface area (Å²) in [5.74, 6) is -0.247. The quantitative estimate of drug-likeness (QED) is 0.792. The first kappa shape index (κ1) is 18.7. The van der Waals surface area contributed by atoms with Crippen LogP contribution in [0.4, 0.5) is 5.69 Å². The molecule has 1 aromatic heterocycles. The molecule has 28 heavy (non-hydrogen) atoms. The number of nitrogens with one attached hydrogen (secondary N) is 1. The fourth-order valence-corrected chi connectivity index (χ4v) is 5.31. The lowest BCUT2D eigenvalue weighted by Gasteiger charge is -2.36. The highest BCUT2D eigenvalue weighted by Gasteiger charge is 2.68. The number of carbonyl (C=O) groups excluding carboxylic acids is 1. The maximum Gasteiger partial charge on any atom is 0.237 e. The SMILES string of the molecule is CC1(C)C2CCC1(C(=O)Nc1cc(Cl)cc(Cl)c1)c1nc(C#N)c(C#N)nc12. The number of amides is 1. The van der Waals surface area contributed by atoms with E-state index in [1.54, 1.807) is 18.2 Å². The van der Waals surface area contributed by atoms with Gasteiger partial charge in [-0.1, -0.05) is 37.0 Å². The number of benzene rings is 1. The van der Waals surface area contributed by atoms with Gasteiger partial charge in [0, 0.05) is 21.7 Å². The van der Waals surface area contributed by atoms with Crippen LogP contribution in [-0.2, 0) is 10.2 Å². The van der Waals surface area contributed by atoms with Gasteiger partial charge in [-0.25, -0.2) is 9.97 Å². The number of nitrogens with zero attached hydrogens (tertiary/aromatic N) is 4. The third-order valence-corrected chi connectivity index (χ3v) is 6.59. The van der Waals surface area contributed by atoms with Crippen molar-refractivity contribution in [2.45, 2.75) is 38.0 Å². The van der Waals surface area contributed by atoms with E-state index in [4.69, 9.17) is 23.2 Å². The number of hydrogen-bond acceptors (Lipinski definition) is 5. The highest BCUT2D eigenvalue weighted by Crippen LogP contribution is 2.67. The molecule has 2 bridgehead atoms. The molecule has 1 aromatic carbocycles. The Labute approximate surface area is 172 Å². The van der Waals surface area contributed by atoms with Gasteiger partial charge >= 0.3 is 0 Å². The van der Waals surface area contributed by atoms with Crippen molar-refractivity contribution >= 4 is 34.8 Å². The van der Waals surface area contributed by atoms with Crippen LogP contribution in [0, 0.1) is 28.1 Å². The maximum atomic E-state index is 13.5. The minimum atomic E-state index is -0.950. The normalized spacial score (nSPS) is 23.6. The number of rotatable bonds is 2. The summed E-state index contributed by atoms with van der Waals surface area (Å²) in [4.78, 5) is 22.4. The predicted molar refractivity (Wildman–Crippen MR) is 104 cm³/mol. The zero-order valence-corrected chi connectivity index (χ0v) is 16.7. The Kier molecular flexibility index (Phi) is 4.12. The lowest BCUT2D eigenvalue weighted by Crippen LogP contribution is -2.46. The Morgan fingerprint density at radius 1 is 1.14 bits per heavy atom. The van der Waals surface area contributed by atoms with E-state index >= 15 is 0 Å². The minimum absolute atomic E-state index is 0.00165. The van der Waals surface area contributed by atoms with Gasteiger partial charge in [-0.05, 0) is 36.5 Å². The first-order valence-electron chi connectivity index (χ1n) is 8.74. The number of nitriles is 2. The van der Waals surface area contributed by atoms with Crippen LogP contribution in [-0.4, -0.2) is 15.9 Å². The molecule has 0 radical (unpaired) electrons. The molecule has 8 heteroatoms. The number of halogens is 2. The van der Waals surface area contributed by atoms with Crippen molar-refractivity contribution in [2.75, 3.05) is 5.32 Å². The standard InChI is InChI=1S/C20H15Cl2N5O/c1-19(2)13-3-4-20(19,17-16(13)26-14(8-23)15(9-24)27-17)18(28)25-12-6-10(21)5-11(22)7-12/h5-7,13H,3-4H2,1-2H3,(H,25,28). The molecule has 1 fully saturated rings. The lowest BCUT2D eigenvalue weighted by atomic mass is 9.67. The second-order valence-electron chi connectivity index (χ2n) is 7.71. The average molecular weight is 412 g/mol. The van der Waals surface area contributed by atoms with Crippen molar-refractivity contribution in [2.24, 2.45) is 5.41 Å². The molecule has 0 saturated heterocycles. The first-order valence-corrected chi connectivity index (χ1v) is 9.50. The molecule has 1 heterocycles. The van der Waals surface area contributed by atoms with Crippen LogP contribution in [0.5, 0.6) is 0 Å². The van der Waals surface area contributed by atoms with Crippen LogP contribution in [0.1, 0.15) is 55.4 Å². The fourth-order valence-electron chi connectivity index (χ4n) is 4.78. The van der Waals surface area contributed by atoms with Gasteiger partial charge in [-0.15, -0.1) is 0 Å². The summed E-state index contributed by atoms with van der Waals surface area (Å²) in [5, 5.41) is 22.4. The van der Waals surface area contributed by atoms with E-state index < -0.39 is 10.8 Å². The topological polar surface area (TPSA) is 102 Å². The molecule has 2 aliphatic carbocycles. The van der Waals surface area contributed by atoms with Crippen LogP contribution < -0.4 is 5.32 Å². The zero-order chi connectivity index (χ0) is 20.3. The maximum absolute atomic E-state index is 13.5. The van der Waals surface area contributed by atoms with Crippen LogP contribution in [0.2, 0.25) is 10.0 Å². The minimum Gasteiger partial charge on any atom is -0.325 e. The molecule has 1 N–H and O–H groups in total. The van der Waals surface area contributed by atoms with Gasteiger partial charge in [0.15, 0.2) is 11.4 Å². The van der Waals surface area contributed by atoms with Crippen molar-refractivity contribution in [3.8, 4) is 12.1 Å². The largest absolute Gasteiger partial charge is 0.325 e. The molecule has 2 unspecified atom stereocenters. The molecule has 0 spiro atoms. The summed E-state index contributed by atoms with van der Waals surface area (Å²) >= 11 is 12.1. The Morgan fingerprint density at radius 3 is 2.36 bits per heavy atom. The second kappa shape index (κ2) is 6.17. The van der Waals surface area contributed by atoms with Gasteiger partial charge < -0.3 is 5.32 Å². The molecule has 6 nitrogen and oxygen atoms in total. The Hall–Kier alpha value is -2.67. The summed E-state index contributed by atoms with van der Waals surface area (Å²) in [5.41, 5.74) is 0.161. The summed E-state index contributed by atoms with van der Waals surface area (Å²) in [6, 6.07) is 8.70. The molecule has 1 saturated carbocycles. The van der Waals surface area contributed by atoms with Crippen molar-refractivity contribution in [3.05, 3.63) is 51.0 Å². The number of aromatic nitrogens is 2. The third kappa shape index (κ3) is 2.35. The lowest BCUT2D eigenvalue weighted by molar-refractivity contribution is -0.124. The van der Waals surface area contributed by atoms with Crippen molar-refractivity contribution < 1.29 is 4.79 Å². The summed E-state index contributed by atoms with van der Waals surface area (Å²) in [7, 11) is 0. The molecule has 140 valence electrons. The average Bonchev–Trinajstić information content (AvgIpc) is 3.01. The monoisotopic (exact) mass is 411 g/mol. The van der Waals surface area contributed by atoms with E-state index in [9.17, 15) is 15.3 Å². The van der Waals surface area contributed by atoms with E-state index in [0.29, 0.717) is 33.5 Å². The van der Waals surface area contributed by atoms with Gasteiger partial charge in [0.2, 0.25) is 5.91 Å². The van der Waals surface area contributed by atoms with E-state index in [-0.39, 0.29) is 23.2 Å². The predicted octanol–water partition coefficient (Wildman–Crippen LogP) is 4.32. The molecule has 2 aliphatic rings. The van der Waals surface area contributed by atoms with E-state index in [1.807, 2.05) is 26.0 Å². The highest BCUT2D eigenvalue weighted by atomic mass is 35.5. The zero-order valence-electron chi connectivity index (χ0n) is 15.2. The highest BCUT2D eigenvalue weighted by molar-refractivity contribution is 6.35. The van der Waals surface area contributed by atoms with Crippen LogP contribution in [0.15, 0.2) is 18.2 Å². The number of hydrogen-bond donors (Lipinski definition) is 1. The van der Waals surface area contributed by atoms with Crippen molar-refractivity contribution in [1.82, 2.24) is 9.97 Å². The molecular formula is C20H15Cl2N5O. The van der Waals surface area contributed by atoms with Crippen LogP contribution in [0.25, 0.3) is 0 Å². The summed E-state index contributed by atoms with van der Waals surface area (Å²) in [6.07, 6.45) is 1.35. The van der Waals surface area contributed by atoms with E-state index in [2.05, 4.69) is 15.3 Å². The second-order valence-corrected chi connectivity index (χ2v) is 8.58. The van der Waals surface area contributed by atoms with Crippen molar-refractivity contribution in [1.29, 1.82) is 10.5 Å². The molecule has 1 amide bonds.